The maximum absolute atomic E-state index is 13.4. The van der Waals surface area contributed by atoms with Crippen molar-refractivity contribution in [2.75, 3.05) is 20.8 Å². The number of likely N-dealkylation sites (N-methyl/N-ethyl adjacent to an activating group) is 1. The minimum atomic E-state index is -0.291. The minimum absolute atomic E-state index is 0.152. The zero-order valence-corrected chi connectivity index (χ0v) is 11.6. The van der Waals surface area contributed by atoms with Gasteiger partial charge in [0.2, 0.25) is 0 Å². The first-order valence-electron chi connectivity index (χ1n) is 6.43. The molecule has 2 rings (SSSR count). The van der Waals surface area contributed by atoms with Crippen molar-refractivity contribution in [2.45, 2.75) is 6.04 Å². The lowest BCUT2D eigenvalue weighted by atomic mass is 10.1. The smallest absolute Gasteiger partial charge is 0.123 e. The SMILES string of the molecule is CNC(COc1ccccc1)c1cc(F)ccc1OC. The molecule has 0 aromatic heterocycles. The van der Waals surface area contributed by atoms with E-state index in [1.807, 2.05) is 37.4 Å². The zero-order valence-electron chi connectivity index (χ0n) is 11.6. The van der Waals surface area contributed by atoms with E-state index in [9.17, 15) is 4.39 Å². The van der Waals surface area contributed by atoms with Gasteiger partial charge in [0.1, 0.15) is 23.9 Å². The van der Waals surface area contributed by atoms with Crippen LogP contribution in [0.5, 0.6) is 11.5 Å². The van der Waals surface area contributed by atoms with Crippen LogP contribution in [0.2, 0.25) is 0 Å². The molecule has 0 fully saturated rings. The fraction of sp³-hybridized carbons (Fsp3) is 0.250. The summed E-state index contributed by atoms with van der Waals surface area (Å²) in [6.45, 7) is 0.389. The second-order valence-electron chi connectivity index (χ2n) is 4.35. The first-order valence-corrected chi connectivity index (χ1v) is 6.43. The van der Waals surface area contributed by atoms with E-state index in [2.05, 4.69) is 5.32 Å². The molecule has 0 saturated heterocycles. The Hall–Kier alpha value is -2.07. The van der Waals surface area contributed by atoms with E-state index in [-0.39, 0.29) is 11.9 Å². The van der Waals surface area contributed by atoms with Gasteiger partial charge in [-0.05, 0) is 37.4 Å². The summed E-state index contributed by atoms with van der Waals surface area (Å²) in [6, 6.07) is 13.8. The third-order valence-corrected chi connectivity index (χ3v) is 3.08. The summed E-state index contributed by atoms with van der Waals surface area (Å²) in [4.78, 5) is 0. The molecule has 2 aromatic rings. The molecule has 0 aliphatic rings. The van der Waals surface area contributed by atoms with Gasteiger partial charge in [-0.1, -0.05) is 18.2 Å². The molecule has 20 heavy (non-hydrogen) atoms. The Morgan fingerprint density at radius 1 is 1.15 bits per heavy atom. The summed E-state index contributed by atoms with van der Waals surface area (Å²) in [6.07, 6.45) is 0. The molecule has 1 atom stereocenters. The van der Waals surface area contributed by atoms with E-state index >= 15 is 0 Å². The first kappa shape index (κ1) is 14.3. The quantitative estimate of drug-likeness (QED) is 0.878. The van der Waals surface area contributed by atoms with Crippen molar-refractivity contribution in [3.63, 3.8) is 0 Å². The molecule has 1 N–H and O–H groups in total. The van der Waals surface area contributed by atoms with E-state index in [0.29, 0.717) is 12.4 Å². The molecule has 1 unspecified atom stereocenters. The van der Waals surface area contributed by atoms with Crippen molar-refractivity contribution in [2.24, 2.45) is 0 Å². The summed E-state index contributed by atoms with van der Waals surface area (Å²) in [7, 11) is 3.38. The van der Waals surface area contributed by atoms with Gasteiger partial charge < -0.3 is 14.8 Å². The lowest BCUT2D eigenvalue weighted by Gasteiger charge is -2.20. The lowest BCUT2D eigenvalue weighted by Crippen LogP contribution is -2.24. The average Bonchev–Trinajstić information content (AvgIpc) is 2.49. The standard InChI is InChI=1S/C16H18FNO2/c1-18-15(11-20-13-6-4-3-5-7-13)14-10-12(17)8-9-16(14)19-2/h3-10,15,18H,11H2,1-2H3. The molecule has 0 bridgehead atoms. The number of methoxy groups -OCH3 is 1. The molecule has 0 saturated carbocycles. The average molecular weight is 275 g/mol. The highest BCUT2D eigenvalue weighted by molar-refractivity contribution is 5.36. The number of ether oxygens (including phenoxy) is 2. The van der Waals surface area contributed by atoms with E-state index < -0.39 is 0 Å². The maximum atomic E-state index is 13.4. The van der Waals surface area contributed by atoms with Crippen LogP contribution in [0.15, 0.2) is 48.5 Å². The van der Waals surface area contributed by atoms with Crippen LogP contribution in [0.25, 0.3) is 0 Å². The molecular weight excluding hydrogens is 257 g/mol. The van der Waals surface area contributed by atoms with Crippen LogP contribution in [0.3, 0.4) is 0 Å². The molecule has 3 nitrogen and oxygen atoms in total. The van der Waals surface area contributed by atoms with E-state index in [1.54, 1.807) is 13.2 Å². The van der Waals surface area contributed by atoms with Crippen LogP contribution >= 0.6 is 0 Å². The van der Waals surface area contributed by atoms with E-state index in [4.69, 9.17) is 9.47 Å². The van der Waals surface area contributed by atoms with Crippen LogP contribution in [-0.4, -0.2) is 20.8 Å². The molecule has 0 aliphatic carbocycles. The summed E-state index contributed by atoms with van der Waals surface area (Å²) in [5, 5.41) is 3.12. The molecule has 0 amide bonds. The fourth-order valence-corrected chi connectivity index (χ4v) is 2.00. The van der Waals surface area contributed by atoms with Gasteiger partial charge in [0.15, 0.2) is 0 Å². The number of para-hydroxylation sites is 1. The summed E-state index contributed by atoms with van der Waals surface area (Å²) < 4.78 is 24.4. The Bertz CT molecular complexity index is 545. The number of rotatable bonds is 6. The zero-order chi connectivity index (χ0) is 14.4. The van der Waals surface area contributed by atoms with Crippen molar-refractivity contribution in [3.05, 3.63) is 59.9 Å². The van der Waals surface area contributed by atoms with E-state index in [0.717, 1.165) is 11.3 Å². The fourth-order valence-electron chi connectivity index (χ4n) is 2.00. The first-order chi connectivity index (χ1) is 9.74. The van der Waals surface area contributed by atoms with Gasteiger partial charge in [-0.3, -0.25) is 0 Å². The summed E-state index contributed by atoms with van der Waals surface area (Å²) in [5.74, 6) is 1.13. The molecule has 0 heterocycles. The Labute approximate surface area is 118 Å². The molecular formula is C16H18FNO2. The van der Waals surface area contributed by atoms with Crippen LogP contribution in [-0.2, 0) is 0 Å². The van der Waals surface area contributed by atoms with Gasteiger partial charge in [-0.2, -0.15) is 0 Å². The van der Waals surface area contributed by atoms with Crippen LogP contribution in [0, 0.1) is 5.82 Å². The monoisotopic (exact) mass is 275 g/mol. The summed E-state index contributed by atoms with van der Waals surface area (Å²) >= 11 is 0. The predicted octanol–water partition coefficient (Wildman–Crippen LogP) is 3.17. The molecule has 0 aliphatic heterocycles. The molecule has 4 heteroatoms. The van der Waals surface area contributed by atoms with Gasteiger partial charge in [0.05, 0.1) is 13.2 Å². The molecule has 106 valence electrons. The van der Waals surface area contributed by atoms with Crippen molar-refractivity contribution in [1.82, 2.24) is 5.32 Å². The number of benzene rings is 2. The van der Waals surface area contributed by atoms with Crippen molar-refractivity contribution in [1.29, 1.82) is 0 Å². The third-order valence-electron chi connectivity index (χ3n) is 3.08. The van der Waals surface area contributed by atoms with Crippen molar-refractivity contribution in [3.8, 4) is 11.5 Å². The van der Waals surface area contributed by atoms with Gasteiger partial charge in [-0.25, -0.2) is 4.39 Å². The number of nitrogens with one attached hydrogen (secondary N) is 1. The maximum Gasteiger partial charge on any atom is 0.123 e. The Balaban J connectivity index is 2.14. The number of halogens is 1. The van der Waals surface area contributed by atoms with Gasteiger partial charge in [-0.15, -0.1) is 0 Å². The highest BCUT2D eigenvalue weighted by atomic mass is 19.1. The largest absolute Gasteiger partial charge is 0.496 e. The van der Waals surface area contributed by atoms with Crippen molar-refractivity contribution >= 4 is 0 Å². The van der Waals surface area contributed by atoms with Crippen LogP contribution in [0.4, 0.5) is 4.39 Å². The normalized spacial score (nSPS) is 11.9. The highest BCUT2D eigenvalue weighted by Gasteiger charge is 2.16. The molecule has 0 radical (unpaired) electrons. The highest BCUT2D eigenvalue weighted by Crippen LogP contribution is 2.26. The van der Waals surface area contributed by atoms with E-state index in [1.165, 1.54) is 12.1 Å². The Morgan fingerprint density at radius 2 is 1.90 bits per heavy atom. The van der Waals surface area contributed by atoms with Gasteiger partial charge >= 0.3 is 0 Å². The molecule has 0 spiro atoms. The second kappa shape index (κ2) is 6.91. The minimum Gasteiger partial charge on any atom is -0.496 e. The van der Waals surface area contributed by atoms with Crippen molar-refractivity contribution < 1.29 is 13.9 Å². The summed E-state index contributed by atoms with van der Waals surface area (Å²) in [5.41, 5.74) is 0.742. The second-order valence-corrected chi connectivity index (χ2v) is 4.35. The number of hydrogen-bond donors (Lipinski definition) is 1. The topological polar surface area (TPSA) is 30.5 Å². The van der Waals surface area contributed by atoms with Gasteiger partial charge in [0.25, 0.3) is 0 Å². The Morgan fingerprint density at radius 3 is 2.55 bits per heavy atom. The van der Waals surface area contributed by atoms with Crippen LogP contribution in [0.1, 0.15) is 11.6 Å². The third kappa shape index (κ3) is 3.48. The predicted molar refractivity (Wildman–Crippen MR) is 76.7 cm³/mol. The number of hydrogen-bond acceptors (Lipinski definition) is 3. The lowest BCUT2D eigenvalue weighted by molar-refractivity contribution is 0.268. The van der Waals surface area contributed by atoms with Crippen LogP contribution < -0.4 is 14.8 Å². The van der Waals surface area contributed by atoms with Gasteiger partial charge in [0, 0.05) is 5.56 Å². The Kier molecular flexibility index (Phi) is 4.96. The molecule has 2 aromatic carbocycles.